The lowest BCUT2D eigenvalue weighted by Gasteiger charge is -2.15. The lowest BCUT2D eigenvalue weighted by atomic mass is 9.85. The fraction of sp³-hybridized carbons (Fsp3) is 0.240. The Morgan fingerprint density at radius 2 is 1.56 bits per heavy atom. The smallest absolute Gasteiger partial charge is 0.338 e. The number of benzene rings is 2. The fourth-order valence-corrected chi connectivity index (χ4v) is 4.05. The molecule has 2 aromatic rings. The van der Waals surface area contributed by atoms with Crippen LogP contribution in [0.5, 0.6) is 0 Å². The van der Waals surface area contributed by atoms with Crippen molar-refractivity contribution >= 4 is 41.0 Å². The third-order valence-electron chi connectivity index (χ3n) is 5.77. The Balaban J connectivity index is 1.36. The van der Waals surface area contributed by atoms with E-state index in [1.807, 2.05) is 12.2 Å². The number of fused-ring (bicyclic) bond motifs is 1. The number of anilines is 2. The van der Waals surface area contributed by atoms with Crippen molar-refractivity contribution in [3.8, 4) is 0 Å². The molecular formula is C25H22N2O7. The van der Waals surface area contributed by atoms with Crippen LogP contribution in [0.15, 0.2) is 60.7 Å². The molecule has 0 unspecified atom stereocenters. The van der Waals surface area contributed by atoms with E-state index >= 15 is 0 Å². The minimum atomic E-state index is -0.767. The van der Waals surface area contributed by atoms with Gasteiger partial charge in [-0.2, -0.15) is 0 Å². The van der Waals surface area contributed by atoms with Crippen LogP contribution in [0.4, 0.5) is 11.4 Å². The van der Waals surface area contributed by atoms with Crippen LogP contribution in [0.2, 0.25) is 0 Å². The van der Waals surface area contributed by atoms with E-state index in [1.54, 1.807) is 12.1 Å². The van der Waals surface area contributed by atoms with E-state index in [4.69, 9.17) is 4.74 Å². The molecule has 1 N–H and O–H groups in total. The molecule has 1 saturated heterocycles. The molecule has 0 saturated carbocycles. The number of methoxy groups -OCH3 is 1. The summed E-state index contributed by atoms with van der Waals surface area (Å²) in [7, 11) is 1.27. The average Bonchev–Trinajstić information content (AvgIpc) is 3.12. The van der Waals surface area contributed by atoms with E-state index in [1.165, 1.54) is 43.5 Å². The molecule has 3 amide bonds. The predicted octanol–water partition coefficient (Wildman–Crippen LogP) is 2.72. The van der Waals surface area contributed by atoms with Crippen molar-refractivity contribution in [3.05, 3.63) is 71.8 Å². The highest BCUT2D eigenvalue weighted by Gasteiger charge is 2.47. The number of nitrogens with zero attached hydrogens (tertiary/aromatic N) is 1. The Morgan fingerprint density at radius 3 is 2.18 bits per heavy atom. The number of esters is 2. The number of hydrogen-bond donors (Lipinski definition) is 1. The zero-order valence-electron chi connectivity index (χ0n) is 18.4. The van der Waals surface area contributed by atoms with Crippen LogP contribution in [0, 0.1) is 11.8 Å². The number of amides is 3. The lowest BCUT2D eigenvalue weighted by Crippen LogP contribution is -2.31. The Bertz CT molecular complexity index is 1160. The number of carbonyl (C=O) groups is 5. The minimum absolute atomic E-state index is 0.112. The molecule has 0 aromatic heterocycles. The van der Waals surface area contributed by atoms with Gasteiger partial charge in [-0.25, -0.2) is 9.59 Å². The second-order valence-corrected chi connectivity index (χ2v) is 7.91. The second-order valence-electron chi connectivity index (χ2n) is 7.91. The van der Waals surface area contributed by atoms with E-state index in [2.05, 4.69) is 10.1 Å². The maximum Gasteiger partial charge on any atom is 0.338 e. The van der Waals surface area contributed by atoms with Gasteiger partial charge in [-0.1, -0.05) is 18.2 Å². The Labute approximate surface area is 195 Å². The van der Waals surface area contributed by atoms with Crippen LogP contribution < -0.4 is 10.2 Å². The number of hydrogen-bond acceptors (Lipinski definition) is 7. The van der Waals surface area contributed by atoms with Crippen molar-refractivity contribution in [2.24, 2.45) is 11.8 Å². The summed E-state index contributed by atoms with van der Waals surface area (Å²) in [5, 5.41) is 2.56. The van der Waals surface area contributed by atoms with Gasteiger partial charge in [0.25, 0.3) is 5.91 Å². The number of rotatable bonds is 6. The number of ether oxygens (including phenoxy) is 2. The van der Waals surface area contributed by atoms with Crippen molar-refractivity contribution in [1.82, 2.24) is 0 Å². The van der Waals surface area contributed by atoms with Gasteiger partial charge in [-0.3, -0.25) is 19.3 Å². The van der Waals surface area contributed by atoms with Crippen molar-refractivity contribution in [2.45, 2.75) is 12.8 Å². The van der Waals surface area contributed by atoms with Crippen molar-refractivity contribution in [1.29, 1.82) is 0 Å². The first-order valence-electron chi connectivity index (χ1n) is 10.7. The Hall–Kier alpha value is -4.27. The van der Waals surface area contributed by atoms with Crippen LogP contribution in [0.3, 0.4) is 0 Å². The van der Waals surface area contributed by atoms with Gasteiger partial charge in [0.2, 0.25) is 11.8 Å². The largest absolute Gasteiger partial charge is 0.465 e. The van der Waals surface area contributed by atoms with E-state index in [0.717, 1.165) is 4.90 Å². The van der Waals surface area contributed by atoms with Crippen molar-refractivity contribution in [3.63, 3.8) is 0 Å². The fourth-order valence-electron chi connectivity index (χ4n) is 4.05. The maximum absolute atomic E-state index is 12.8. The Kier molecular flexibility index (Phi) is 6.53. The van der Waals surface area contributed by atoms with E-state index in [0.29, 0.717) is 29.8 Å². The summed E-state index contributed by atoms with van der Waals surface area (Å²) in [6.07, 6.45) is 4.85. The number of nitrogens with one attached hydrogen (secondary N) is 1. The van der Waals surface area contributed by atoms with E-state index in [9.17, 15) is 24.0 Å². The van der Waals surface area contributed by atoms with Crippen LogP contribution in [-0.2, 0) is 23.9 Å². The zero-order chi connectivity index (χ0) is 24.2. The summed E-state index contributed by atoms with van der Waals surface area (Å²) >= 11 is 0. The van der Waals surface area contributed by atoms with Crippen LogP contribution >= 0.6 is 0 Å². The van der Waals surface area contributed by atoms with Gasteiger partial charge in [0, 0.05) is 5.69 Å². The van der Waals surface area contributed by atoms with Crippen LogP contribution in [0.1, 0.15) is 33.6 Å². The summed E-state index contributed by atoms with van der Waals surface area (Å²) < 4.78 is 9.70. The topological polar surface area (TPSA) is 119 Å². The standard InChI is InChI=1S/C25H22N2O7/c1-33-24(31)15-9-11-17(12-10-15)26-21(28)14-34-25(32)16-5-4-6-18(13-16)27-22(29)19-7-2-3-8-20(19)23(27)30/h2-6,9-13,19-20H,7-8,14H2,1H3,(H,26,28)/t19-,20-/m1/s1. The molecule has 2 aromatic carbocycles. The maximum atomic E-state index is 12.8. The van der Waals surface area contributed by atoms with Crippen molar-refractivity contribution in [2.75, 3.05) is 23.9 Å². The van der Waals surface area contributed by atoms with Crippen molar-refractivity contribution < 1.29 is 33.4 Å². The van der Waals surface area contributed by atoms with Gasteiger partial charge < -0.3 is 14.8 Å². The molecule has 1 aliphatic carbocycles. The molecule has 174 valence electrons. The van der Waals surface area contributed by atoms with E-state index < -0.39 is 24.5 Å². The highest BCUT2D eigenvalue weighted by molar-refractivity contribution is 6.22. The monoisotopic (exact) mass is 462 g/mol. The first kappa shape index (κ1) is 22.9. The van der Waals surface area contributed by atoms with E-state index in [-0.39, 0.29) is 29.2 Å². The minimum Gasteiger partial charge on any atom is -0.465 e. The summed E-state index contributed by atoms with van der Waals surface area (Å²) in [5.74, 6) is -3.14. The first-order chi connectivity index (χ1) is 16.4. The molecule has 1 aliphatic heterocycles. The lowest BCUT2D eigenvalue weighted by molar-refractivity contribution is -0.122. The van der Waals surface area contributed by atoms with Gasteiger partial charge in [0.15, 0.2) is 6.61 Å². The average molecular weight is 462 g/mol. The van der Waals surface area contributed by atoms with Crippen LogP contribution in [-0.4, -0.2) is 43.4 Å². The summed E-state index contributed by atoms with van der Waals surface area (Å²) in [6.45, 7) is -0.542. The molecule has 0 spiro atoms. The molecular weight excluding hydrogens is 440 g/mol. The second kappa shape index (κ2) is 9.70. The predicted molar refractivity (Wildman–Crippen MR) is 121 cm³/mol. The molecule has 9 heteroatoms. The molecule has 0 radical (unpaired) electrons. The first-order valence-corrected chi connectivity index (χ1v) is 10.7. The SMILES string of the molecule is COC(=O)c1ccc(NC(=O)COC(=O)c2cccc(N3C(=O)[C@@H]4CC=CC[C@H]4C3=O)c2)cc1. The normalized spacial score (nSPS) is 18.9. The quantitative estimate of drug-likeness (QED) is 0.398. The number of carbonyl (C=O) groups excluding carboxylic acids is 5. The molecule has 1 heterocycles. The highest BCUT2D eigenvalue weighted by atomic mass is 16.5. The highest BCUT2D eigenvalue weighted by Crippen LogP contribution is 2.37. The zero-order valence-corrected chi connectivity index (χ0v) is 18.4. The Morgan fingerprint density at radius 1 is 0.912 bits per heavy atom. The number of allylic oxidation sites excluding steroid dienone is 2. The molecule has 2 atom stereocenters. The molecule has 4 rings (SSSR count). The summed E-state index contributed by atoms with van der Waals surface area (Å²) in [6, 6.07) is 12.1. The third kappa shape index (κ3) is 4.59. The molecule has 9 nitrogen and oxygen atoms in total. The van der Waals surface area contributed by atoms with Gasteiger partial charge in [0.1, 0.15) is 0 Å². The summed E-state index contributed by atoms with van der Waals surface area (Å²) in [5.41, 5.74) is 1.16. The summed E-state index contributed by atoms with van der Waals surface area (Å²) in [4.78, 5) is 62.8. The van der Waals surface area contributed by atoms with Crippen LogP contribution in [0.25, 0.3) is 0 Å². The molecule has 2 aliphatic rings. The number of imide groups is 1. The molecule has 34 heavy (non-hydrogen) atoms. The van der Waals surface area contributed by atoms with Gasteiger partial charge in [0.05, 0.1) is 35.8 Å². The molecule has 0 bridgehead atoms. The van der Waals surface area contributed by atoms with Gasteiger partial charge >= 0.3 is 11.9 Å². The van der Waals surface area contributed by atoms with Gasteiger partial charge in [-0.15, -0.1) is 0 Å². The third-order valence-corrected chi connectivity index (χ3v) is 5.77. The van der Waals surface area contributed by atoms with Gasteiger partial charge in [-0.05, 0) is 55.3 Å². The molecule has 1 fully saturated rings.